The molecule has 0 aromatic carbocycles. The zero-order valence-electron chi connectivity index (χ0n) is 7.36. The van der Waals surface area contributed by atoms with Crippen LogP contribution >= 0.6 is 0 Å². The first-order valence-corrected chi connectivity index (χ1v) is 3.99. The Morgan fingerprint density at radius 3 is 1.64 bits per heavy atom. The molecule has 0 aliphatic carbocycles. The summed E-state index contributed by atoms with van der Waals surface area (Å²) in [6.07, 6.45) is -1.42. The first-order valence-electron chi connectivity index (χ1n) is 3.99. The van der Waals surface area contributed by atoms with Gasteiger partial charge in [0.05, 0.1) is 18.3 Å². The highest BCUT2D eigenvalue weighted by atomic mass is 16.3. The lowest BCUT2D eigenvalue weighted by atomic mass is 9.96. The van der Waals surface area contributed by atoms with Crippen molar-refractivity contribution < 1.29 is 15.3 Å². The predicted octanol–water partition coefficient (Wildman–Crippen LogP) is 0.135. The van der Waals surface area contributed by atoms with E-state index in [1.165, 1.54) is 0 Å². The molecule has 0 aromatic rings. The SMILES string of the molecule is CC(O)C(C)CC(O)C(C)O. The summed E-state index contributed by atoms with van der Waals surface area (Å²) < 4.78 is 0. The molecular formula is C8H18O3. The molecule has 4 unspecified atom stereocenters. The van der Waals surface area contributed by atoms with E-state index in [4.69, 9.17) is 10.2 Å². The molecule has 0 amide bonds. The number of aliphatic hydroxyl groups excluding tert-OH is 3. The molecule has 0 fully saturated rings. The molecule has 0 aliphatic rings. The third-order valence-electron chi connectivity index (χ3n) is 1.99. The minimum absolute atomic E-state index is 0.0274. The molecule has 11 heavy (non-hydrogen) atoms. The van der Waals surface area contributed by atoms with E-state index < -0.39 is 18.3 Å². The van der Waals surface area contributed by atoms with E-state index in [1.54, 1.807) is 13.8 Å². The molecule has 0 aromatic heterocycles. The lowest BCUT2D eigenvalue weighted by Crippen LogP contribution is -2.28. The van der Waals surface area contributed by atoms with Gasteiger partial charge >= 0.3 is 0 Å². The minimum atomic E-state index is -0.723. The Morgan fingerprint density at radius 1 is 0.909 bits per heavy atom. The third kappa shape index (κ3) is 4.35. The predicted molar refractivity (Wildman–Crippen MR) is 43.1 cm³/mol. The molecule has 0 saturated heterocycles. The van der Waals surface area contributed by atoms with Crippen LogP contribution in [-0.4, -0.2) is 33.6 Å². The fraction of sp³-hybridized carbons (Fsp3) is 1.00. The van der Waals surface area contributed by atoms with Gasteiger partial charge in [0, 0.05) is 0 Å². The monoisotopic (exact) mass is 162 g/mol. The number of hydrogen-bond donors (Lipinski definition) is 3. The summed E-state index contributed by atoms with van der Waals surface area (Å²) in [5.74, 6) is 0.0274. The van der Waals surface area contributed by atoms with Gasteiger partial charge in [0.15, 0.2) is 0 Å². The largest absolute Gasteiger partial charge is 0.393 e. The lowest BCUT2D eigenvalue weighted by Gasteiger charge is -2.20. The van der Waals surface area contributed by atoms with Crippen molar-refractivity contribution in [2.24, 2.45) is 5.92 Å². The van der Waals surface area contributed by atoms with Crippen LogP contribution in [0.25, 0.3) is 0 Å². The minimum Gasteiger partial charge on any atom is -0.393 e. The van der Waals surface area contributed by atoms with Crippen LogP contribution in [0.5, 0.6) is 0 Å². The highest BCUT2D eigenvalue weighted by Gasteiger charge is 2.17. The summed E-state index contributed by atoms with van der Waals surface area (Å²) >= 11 is 0. The van der Waals surface area contributed by atoms with E-state index in [0.29, 0.717) is 6.42 Å². The summed E-state index contributed by atoms with van der Waals surface area (Å²) in [7, 11) is 0. The number of aliphatic hydroxyl groups is 3. The molecule has 0 spiro atoms. The van der Waals surface area contributed by atoms with Gasteiger partial charge in [0.25, 0.3) is 0 Å². The van der Waals surface area contributed by atoms with E-state index in [9.17, 15) is 5.11 Å². The summed E-state index contributed by atoms with van der Waals surface area (Å²) in [5, 5.41) is 27.2. The zero-order valence-corrected chi connectivity index (χ0v) is 7.36. The quantitative estimate of drug-likeness (QED) is 0.551. The van der Waals surface area contributed by atoms with E-state index in [1.807, 2.05) is 6.92 Å². The molecular weight excluding hydrogens is 144 g/mol. The molecule has 3 heteroatoms. The van der Waals surface area contributed by atoms with Gasteiger partial charge in [0.1, 0.15) is 0 Å². The van der Waals surface area contributed by atoms with Crippen molar-refractivity contribution >= 4 is 0 Å². The van der Waals surface area contributed by atoms with Crippen LogP contribution in [0.15, 0.2) is 0 Å². The Bertz CT molecular complexity index is 89.5. The molecule has 3 nitrogen and oxygen atoms in total. The van der Waals surface area contributed by atoms with Gasteiger partial charge < -0.3 is 15.3 Å². The second-order valence-electron chi connectivity index (χ2n) is 3.26. The van der Waals surface area contributed by atoms with E-state index in [0.717, 1.165) is 0 Å². The van der Waals surface area contributed by atoms with Crippen LogP contribution in [-0.2, 0) is 0 Å². The topological polar surface area (TPSA) is 60.7 Å². The second-order valence-corrected chi connectivity index (χ2v) is 3.26. The van der Waals surface area contributed by atoms with Gasteiger partial charge in [-0.2, -0.15) is 0 Å². The molecule has 0 heterocycles. The molecule has 4 atom stereocenters. The Labute approximate surface area is 67.7 Å². The highest BCUT2D eigenvalue weighted by molar-refractivity contribution is 4.68. The highest BCUT2D eigenvalue weighted by Crippen LogP contribution is 2.12. The zero-order chi connectivity index (χ0) is 9.02. The average Bonchev–Trinajstić information content (AvgIpc) is 1.87. The molecule has 0 rings (SSSR count). The maximum Gasteiger partial charge on any atom is 0.0799 e. The number of hydrogen-bond acceptors (Lipinski definition) is 3. The molecule has 3 N–H and O–H groups in total. The fourth-order valence-corrected chi connectivity index (χ4v) is 0.775. The smallest absolute Gasteiger partial charge is 0.0799 e. The first-order chi connectivity index (χ1) is 4.95. The van der Waals surface area contributed by atoms with Crippen molar-refractivity contribution in [3.63, 3.8) is 0 Å². The lowest BCUT2D eigenvalue weighted by molar-refractivity contribution is 0.00190. The van der Waals surface area contributed by atoms with E-state index >= 15 is 0 Å². The molecule has 0 saturated carbocycles. The normalized spacial score (nSPS) is 22.4. The molecule has 0 bridgehead atoms. The van der Waals surface area contributed by atoms with Gasteiger partial charge in [-0.25, -0.2) is 0 Å². The van der Waals surface area contributed by atoms with Crippen LogP contribution in [0.2, 0.25) is 0 Å². The van der Waals surface area contributed by atoms with Gasteiger partial charge in [0.2, 0.25) is 0 Å². The van der Waals surface area contributed by atoms with Crippen LogP contribution in [0.4, 0.5) is 0 Å². The Balaban J connectivity index is 3.66. The standard InChI is InChI=1S/C8H18O3/c1-5(6(2)9)4-8(11)7(3)10/h5-11H,4H2,1-3H3. The van der Waals surface area contributed by atoms with Crippen molar-refractivity contribution in [2.75, 3.05) is 0 Å². The molecule has 0 radical (unpaired) electrons. The Kier molecular flexibility index (Phi) is 4.65. The van der Waals surface area contributed by atoms with Crippen molar-refractivity contribution in [2.45, 2.75) is 45.5 Å². The summed E-state index contributed by atoms with van der Waals surface area (Å²) in [5.41, 5.74) is 0. The van der Waals surface area contributed by atoms with Gasteiger partial charge in [-0.15, -0.1) is 0 Å². The maximum absolute atomic E-state index is 9.18. The van der Waals surface area contributed by atoms with Crippen molar-refractivity contribution in [1.29, 1.82) is 0 Å². The molecule has 0 aliphatic heterocycles. The van der Waals surface area contributed by atoms with Crippen LogP contribution < -0.4 is 0 Å². The van der Waals surface area contributed by atoms with E-state index in [2.05, 4.69) is 0 Å². The average molecular weight is 162 g/mol. The van der Waals surface area contributed by atoms with Crippen LogP contribution in [0, 0.1) is 5.92 Å². The maximum atomic E-state index is 9.18. The molecule has 68 valence electrons. The fourth-order valence-electron chi connectivity index (χ4n) is 0.775. The summed E-state index contributed by atoms with van der Waals surface area (Å²) in [6.45, 7) is 5.06. The van der Waals surface area contributed by atoms with Crippen molar-refractivity contribution in [1.82, 2.24) is 0 Å². The number of rotatable bonds is 4. The van der Waals surface area contributed by atoms with E-state index in [-0.39, 0.29) is 5.92 Å². The van der Waals surface area contributed by atoms with Gasteiger partial charge in [-0.05, 0) is 26.2 Å². The third-order valence-corrected chi connectivity index (χ3v) is 1.99. The van der Waals surface area contributed by atoms with Gasteiger partial charge in [-0.3, -0.25) is 0 Å². The summed E-state index contributed by atoms with van der Waals surface area (Å²) in [6, 6.07) is 0. The van der Waals surface area contributed by atoms with Crippen LogP contribution in [0.1, 0.15) is 27.2 Å². The van der Waals surface area contributed by atoms with Crippen LogP contribution in [0.3, 0.4) is 0 Å². The first kappa shape index (κ1) is 10.9. The second kappa shape index (κ2) is 4.70. The Hall–Kier alpha value is -0.120. The summed E-state index contributed by atoms with van der Waals surface area (Å²) in [4.78, 5) is 0. The van der Waals surface area contributed by atoms with Crippen molar-refractivity contribution in [3.05, 3.63) is 0 Å². The Morgan fingerprint density at radius 2 is 1.36 bits per heavy atom. The van der Waals surface area contributed by atoms with Crippen molar-refractivity contribution in [3.8, 4) is 0 Å². The van der Waals surface area contributed by atoms with Gasteiger partial charge in [-0.1, -0.05) is 6.92 Å².